The van der Waals surface area contributed by atoms with Crippen LogP contribution in [0.4, 0.5) is 4.79 Å². The third-order valence-electron chi connectivity index (χ3n) is 5.33. The standard InChI is InChI=1S/C24H26N4O4/c1-18-15-22(32-26-18)23(29)27-11-13-28(14-12-27)24(30)25-16-20-9-5-6-10-21(20)31-17-19-7-3-2-4-8-19/h2-10,15H,11-14,16-17H2,1H3,(H,25,30). The maximum atomic E-state index is 12.7. The molecular weight excluding hydrogens is 408 g/mol. The zero-order chi connectivity index (χ0) is 22.3. The van der Waals surface area contributed by atoms with Crippen LogP contribution < -0.4 is 10.1 Å². The van der Waals surface area contributed by atoms with Crippen LogP contribution in [0.15, 0.2) is 65.2 Å². The van der Waals surface area contributed by atoms with Crippen molar-refractivity contribution in [2.75, 3.05) is 26.2 Å². The Kier molecular flexibility index (Phi) is 6.69. The van der Waals surface area contributed by atoms with Gasteiger partial charge in [0.15, 0.2) is 0 Å². The van der Waals surface area contributed by atoms with Gasteiger partial charge in [0.25, 0.3) is 5.91 Å². The first kappa shape index (κ1) is 21.4. The van der Waals surface area contributed by atoms with E-state index in [1.165, 1.54) is 0 Å². The summed E-state index contributed by atoms with van der Waals surface area (Å²) in [6.45, 7) is 4.40. The molecule has 0 atom stereocenters. The fourth-order valence-electron chi connectivity index (χ4n) is 3.54. The Balaban J connectivity index is 1.27. The van der Waals surface area contributed by atoms with Crippen LogP contribution in [-0.2, 0) is 13.2 Å². The molecule has 8 nitrogen and oxygen atoms in total. The van der Waals surface area contributed by atoms with E-state index in [0.717, 1.165) is 16.9 Å². The fourth-order valence-corrected chi connectivity index (χ4v) is 3.54. The molecule has 166 valence electrons. The van der Waals surface area contributed by atoms with E-state index in [0.29, 0.717) is 45.0 Å². The molecule has 3 amide bonds. The minimum atomic E-state index is -0.199. The molecule has 3 aromatic rings. The van der Waals surface area contributed by atoms with Crippen molar-refractivity contribution >= 4 is 11.9 Å². The van der Waals surface area contributed by atoms with Gasteiger partial charge in [0.1, 0.15) is 12.4 Å². The van der Waals surface area contributed by atoms with E-state index >= 15 is 0 Å². The predicted octanol–water partition coefficient (Wildman–Crippen LogP) is 3.23. The molecule has 0 unspecified atom stereocenters. The topological polar surface area (TPSA) is 87.9 Å². The number of aromatic nitrogens is 1. The van der Waals surface area contributed by atoms with Gasteiger partial charge in [-0.1, -0.05) is 53.7 Å². The number of nitrogens with one attached hydrogen (secondary N) is 1. The van der Waals surface area contributed by atoms with Gasteiger partial charge in [0.05, 0.1) is 5.69 Å². The van der Waals surface area contributed by atoms with Gasteiger partial charge in [0, 0.05) is 44.4 Å². The zero-order valence-electron chi connectivity index (χ0n) is 18.0. The molecule has 32 heavy (non-hydrogen) atoms. The molecule has 1 aromatic heterocycles. The van der Waals surface area contributed by atoms with Crippen LogP contribution in [0.5, 0.6) is 5.75 Å². The smallest absolute Gasteiger partial charge is 0.317 e. The second-order valence-electron chi connectivity index (χ2n) is 7.65. The van der Waals surface area contributed by atoms with Crippen LogP contribution in [0.25, 0.3) is 0 Å². The number of aryl methyl sites for hydroxylation is 1. The molecule has 0 saturated carbocycles. The molecule has 1 aliphatic rings. The van der Waals surface area contributed by atoms with Crippen LogP contribution in [0.1, 0.15) is 27.4 Å². The van der Waals surface area contributed by atoms with Crippen molar-refractivity contribution in [1.82, 2.24) is 20.3 Å². The first-order valence-corrected chi connectivity index (χ1v) is 10.6. The number of hydrogen-bond donors (Lipinski definition) is 1. The Bertz CT molecular complexity index is 1060. The van der Waals surface area contributed by atoms with Crippen molar-refractivity contribution < 1.29 is 18.8 Å². The lowest BCUT2D eigenvalue weighted by atomic mass is 10.2. The summed E-state index contributed by atoms with van der Waals surface area (Å²) in [5.74, 6) is 0.775. The van der Waals surface area contributed by atoms with E-state index in [4.69, 9.17) is 9.26 Å². The van der Waals surface area contributed by atoms with Gasteiger partial charge >= 0.3 is 6.03 Å². The monoisotopic (exact) mass is 434 g/mol. The van der Waals surface area contributed by atoms with Crippen molar-refractivity contribution in [2.24, 2.45) is 0 Å². The minimum Gasteiger partial charge on any atom is -0.489 e. The number of carbonyl (C=O) groups is 2. The highest BCUT2D eigenvalue weighted by Gasteiger charge is 2.26. The van der Waals surface area contributed by atoms with E-state index in [1.54, 1.807) is 22.8 Å². The lowest BCUT2D eigenvalue weighted by molar-refractivity contribution is 0.0624. The van der Waals surface area contributed by atoms with Gasteiger partial charge in [-0.2, -0.15) is 0 Å². The van der Waals surface area contributed by atoms with Gasteiger partial charge in [-0.25, -0.2) is 4.79 Å². The number of rotatable bonds is 6. The molecule has 0 aliphatic carbocycles. The summed E-state index contributed by atoms with van der Waals surface area (Å²) < 4.78 is 11.0. The van der Waals surface area contributed by atoms with Gasteiger partial charge < -0.3 is 24.4 Å². The lowest BCUT2D eigenvalue weighted by Crippen LogP contribution is -2.53. The summed E-state index contributed by atoms with van der Waals surface area (Å²) in [7, 11) is 0. The van der Waals surface area contributed by atoms with Crippen molar-refractivity contribution in [2.45, 2.75) is 20.1 Å². The van der Waals surface area contributed by atoms with Crippen LogP contribution in [0.3, 0.4) is 0 Å². The maximum absolute atomic E-state index is 12.7. The van der Waals surface area contributed by atoms with Gasteiger partial charge in [-0.3, -0.25) is 4.79 Å². The first-order valence-electron chi connectivity index (χ1n) is 10.6. The predicted molar refractivity (Wildman–Crippen MR) is 118 cm³/mol. The Hall–Kier alpha value is -3.81. The number of ether oxygens (including phenoxy) is 1. The first-order chi connectivity index (χ1) is 15.6. The molecule has 2 aromatic carbocycles. The summed E-state index contributed by atoms with van der Waals surface area (Å²) in [4.78, 5) is 28.5. The summed E-state index contributed by atoms with van der Waals surface area (Å²) in [5.41, 5.74) is 2.66. The number of nitrogens with zero attached hydrogens (tertiary/aromatic N) is 3. The summed E-state index contributed by atoms with van der Waals surface area (Å²) in [6, 6.07) is 19.1. The summed E-state index contributed by atoms with van der Waals surface area (Å²) in [5, 5.41) is 6.72. The molecule has 0 radical (unpaired) electrons. The largest absolute Gasteiger partial charge is 0.489 e. The van der Waals surface area contributed by atoms with Crippen molar-refractivity contribution in [3.63, 3.8) is 0 Å². The molecule has 2 heterocycles. The van der Waals surface area contributed by atoms with E-state index in [1.807, 2.05) is 54.6 Å². The molecule has 0 bridgehead atoms. The van der Waals surface area contributed by atoms with Crippen molar-refractivity contribution in [3.05, 3.63) is 83.2 Å². The van der Waals surface area contributed by atoms with Crippen molar-refractivity contribution in [1.29, 1.82) is 0 Å². The second-order valence-corrected chi connectivity index (χ2v) is 7.65. The minimum absolute atomic E-state index is 0.162. The third-order valence-corrected chi connectivity index (χ3v) is 5.33. The number of benzene rings is 2. The van der Waals surface area contributed by atoms with Crippen LogP contribution in [0.2, 0.25) is 0 Å². The Labute approximate surface area is 186 Å². The Morgan fingerprint density at radius 2 is 1.69 bits per heavy atom. The van der Waals surface area contributed by atoms with Crippen molar-refractivity contribution in [3.8, 4) is 5.75 Å². The number of amides is 3. The van der Waals surface area contributed by atoms with E-state index in [-0.39, 0.29) is 17.7 Å². The number of carbonyl (C=O) groups excluding carboxylic acids is 2. The summed E-state index contributed by atoms with van der Waals surface area (Å²) in [6.07, 6.45) is 0. The highest BCUT2D eigenvalue weighted by Crippen LogP contribution is 2.19. The van der Waals surface area contributed by atoms with Crippen LogP contribution in [-0.4, -0.2) is 53.1 Å². The second kappa shape index (κ2) is 10.00. The average Bonchev–Trinajstić information content (AvgIpc) is 3.28. The number of para-hydroxylation sites is 1. The molecule has 1 saturated heterocycles. The molecule has 1 aliphatic heterocycles. The highest BCUT2D eigenvalue weighted by atomic mass is 16.5. The van der Waals surface area contributed by atoms with Crippen LogP contribution >= 0.6 is 0 Å². The number of hydrogen-bond acceptors (Lipinski definition) is 5. The van der Waals surface area contributed by atoms with E-state index in [9.17, 15) is 9.59 Å². The van der Waals surface area contributed by atoms with Gasteiger partial charge in [-0.05, 0) is 18.6 Å². The third kappa shape index (κ3) is 5.26. The molecule has 1 fully saturated rings. The molecule has 8 heteroatoms. The molecule has 1 N–H and O–H groups in total. The lowest BCUT2D eigenvalue weighted by Gasteiger charge is -2.34. The maximum Gasteiger partial charge on any atom is 0.317 e. The Morgan fingerprint density at radius 1 is 1.00 bits per heavy atom. The van der Waals surface area contributed by atoms with Gasteiger partial charge in [-0.15, -0.1) is 0 Å². The fraction of sp³-hybridized carbons (Fsp3) is 0.292. The quantitative estimate of drug-likeness (QED) is 0.644. The van der Waals surface area contributed by atoms with E-state index in [2.05, 4.69) is 10.5 Å². The number of piperazine rings is 1. The highest BCUT2D eigenvalue weighted by molar-refractivity contribution is 5.91. The normalized spacial score (nSPS) is 13.7. The number of urea groups is 1. The molecule has 0 spiro atoms. The molecular formula is C24H26N4O4. The van der Waals surface area contributed by atoms with Crippen LogP contribution in [0, 0.1) is 6.92 Å². The SMILES string of the molecule is Cc1cc(C(=O)N2CCN(C(=O)NCc3ccccc3OCc3ccccc3)CC2)on1. The van der Waals surface area contributed by atoms with Gasteiger partial charge in [0.2, 0.25) is 5.76 Å². The molecule has 4 rings (SSSR count). The zero-order valence-corrected chi connectivity index (χ0v) is 18.0. The Morgan fingerprint density at radius 3 is 2.41 bits per heavy atom. The van der Waals surface area contributed by atoms with E-state index < -0.39 is 0 Å². The summed E-state index contributed by atoms with van der Waals surface area (Å²) >= 11 is 0. The average molecular weight is 434 g/mol.